The number of aromatic nitrogens is 6. The molecule has 0 aromatic carbocycles. The van der Waals surface area contributed by atoms with E-state index in [1.165, 1.54) is 0 Å². The fourth-order valence-corrected chi connectivity index (χ4v) is 3.48. The van der Waals surface area contributed by atoms with E-state index in [1.54, 1.807) is 6.20 Å². The molecule has 146 valence electrons. The average Bonchev–Trinajstić information content (AvgIpc) is 3.50. The summed E-state index contributed by atoms with van der Waals surface area (Å²) in [6, 6.07) is 8.22. The molecule has 1 aliphatic heterocycles. The summed E-state index contributed by atoms with van der Waals surface area (Å²) in [6.07, 6.45) is 5.59. The minimum absolute atomic E-state index is 0.725. The highest BCUT2D eigenvalue weighted by atomic mass is 16.5. The fourth-order valence-electron chi connectivity index (χ4n) is 3.48. The van der Waals surface area contributed by atoms with Gasteiger partial charge in [0, 0.05) is 49.5 Å². The van der Waals surface area contributed by atoms with Crippen molar-refractivity contribution in [2.24, 2.45) is 7.05 Å². The molecule has 4 aromatic rings. The summed E-state index contributed by atoms with van der Waals surface area (Å²) in [4.78, 5) is 7.24. The number of hydrogen-bond donors (Lipinski definition) is 1. The van der Waals surface area contributed by atoms with Crippen LogP contribution in [-0.2, 0) is 11.8 Å². The molecule has 0 radical (unpaired) electrons. The lowest BCUT2D eigenvalue weighted by atomic mass is 10.1. The molecule has 1 N–H and O–H groups in total. The van der Waals surface area contributed by atoms with E-state index in [1.807, 2.05) is 54.7 Å². The van der Waals surface area contributed by atoms with Crippen molar-refractivity contribution in [1.29, 1.82) is 0 Å². The van der Waals surface area contributed by atoms with E-state index < -0.39 is 0 Å². The zero-order valence-corrected chi connectivity index (χ0v) is 16.5. The first-order valence-corrected chi connectivity index (χ1v) is 9.64. The Morgan fingerprint density at radius 1 is 1.07 bits per heavy atom. The second-order valence-corrected chi connectivity index (χ2v) is 6.33. The minimum atomic E-state index is 0.725. The second kappa shape index (κ2) is 7.85. The largest absolute Gasteiger partial charge is 0.378 e. The van der Waals surface area contributed by atoms with Crippen LogP contribution in [0.25, 0.3) is 28.1 Å². The standard InChI is InChI=1S/C18H19N7O.C2H6/c1-23-15(2-6-20-23)14-12-17(24-8-10-26-11-9-24)21-18-13(14)4-7-25(18)16-3-5-19-22-16;1-2/h2-7,12H,8-11H2,1H3,(H,19,22);1-2H3. The lowest BCUT2D eigenvalue weighted by Gasteiger charge is -2.28. The third kappa shape index (κ3) is 3.16. The number of pyridine rings is 1. The Kier molecular flexibility index (Phi) is 5.12. The molecular formula is C20H25N7O. The summed E-state index contributed by atoms with van der Waals surface area (Å²) in [7, 11) is 1.96. The predicted octanol–water partition coefficient (Wildman–Crippen LogP) is 3.01. The number of nitrogens with one attached hydrogen (secondary N) is 1. The summed E-state index contributed by atoms with van der Waals surface area (Å²) in [6.45, 7) is 7.13. The van der Waals surface area contributed by atoms with E-state index in [2.05, 4.69) is 32.3 Å². The van der Waals surface area contributed by atoms with E-state index in [4.69, 9.17) is 9.72 Å². The first-order chi connectivity index (χ1) is 13.8. The molecular weight excluding hydrogens is 354 g/mol. The zero-order valence-electron chi connectivity index (χ0n) is 16.5. The molecule has 5 heterocycles. The maximum atomic E-state index is 5.50. The molecule has 28 heavy (non-hydrogen) atoms. The van der Waals surface area contributed by atoms with Crippen LogP contribution in [0, 0.1) is 0 Å². The Labute approximate surface area is 163 Å². The fraction of sp³-hybridized carbons (Fsp3) is 0.350. The summed E-state index contributed by atoms with van der Waals surface area (Å²) in [5.41, 5.74) is 3.08. The second-order valence-electron chi connectivity index (χ2n) is 6.33. The summed E-state index contributed by atoms with van der Waals surface area (Å²) in [5.74, 6) is 1.85. The number of nitrogens with zero attached hydrogens (tertiary/aromatic N) is 6. The maximum Gasteiger partial charge on any atom is 0.148 e. The van der Waals surface area contributed by atoms with E-state index >= 15 is 0 Å². The van der Waals surface area contributed by atoms with Gasteiger partial charge in [0.15, 0.2) is 0 Å². The van der Waals surface area contributed by atoms with Crippen molar-refractivity contribution in [2.75, 3.05) is 31.2 Å². The van der Waals surface area contributed by atoms with Crippen molar-refractivity contribution in [3.8, 4) is 17.1 Å². The highest BCUT2D eigenvalue weighted by molar-refractivity contribution is 5.95. The Balaban J connectivity index is 0.000000932. The Bertz CT molecular complexity index is 1040. The Morgan fingerprint density at radius 3 is 2.57 bits per heavy atom. The SMILES string of the molecule is CC.Cn1nccc1-c1cc(N2CCOCC2)nc2c1ccn2-c1ccn[nH]1. The first-order valence-electron chi connectivity index (χ1n) is 9.64. The van der Waals surface area contributed by atoms with Crippen LogP contribution in [-0.4, -0.2) is 55.8 Å². The van der Waals surface area contributed by atoms with Gasteiger partial charge >= 0.3 is 0 Å². The van der Waals surface area contributed by atoms with Gasteiger partial charge in [0.05, 0.1) is 25.1 Å². The van der Waals surface area contributed by atoms with Gasteiger partial charge in [-0.1, -0.05) is 13.8 Å². The summed E-state index contributed by atoms with van der Waals surface area (Å²) >= 11 is 0. The van der Waals surface area contributed by atoms with Gasteiger partial charge in [0.2, 0.25) is 0 Å². The molecule has 0 unspecified atom stereocenters. The number of aryl methyl sites for hydroxylation is 1. The lowest BCUT2D eigenvalue weighted by Crippen LogP contribution is -2.36. The van der Waals surface area contributed by atoms with Gasteiger partial charge in [-0.05, 0) is 18.2 Å². The van der Waals surface area contributed by atoms with E-state index in [0.29, 0.717) is 0 Å². The van der Waals surface area contributed by atoms with Crippen molar-refractivity contribution < 1.29 is 4.74 Å². The zero-order chi connectivity index (χ0) is 19.5. The van der Waals surface area contributed by atoms with E-state index in [-0.39, 0.29) is 0 Å². The Morgan fingerprint density at radius 2 is 1.89 bits per heavy atom. The molecule has 0 saturated carbocycles. The van der Waals surface area contributed by atoms with Crippen molar-refractivity contribution >= 4 is 16.9 Å². The smallest absolute Gasteiger partial charge is 0.148 e. The predicted molar refractivity (Wildman–Crippen MR) is 110 cm³/mol. The number of H-pyrrole nitrogens is 1. The lowest BCUT2D eigenvalue weighted by molar-refractivity contribution is 0.122. The number of fused-ring (bicyclic) bond motifs is 1. The van der Waals surface area contributed by atoms with Crippen LogP contribution in [0.2, 0.25) is 0 Å². The van der Waals surface area contributed by atoms with Crippen molar-refractivity contribution in [2.45, 2.75) is 13.8 Å². The van der Waals surface area contributed by atoms with Crippen LogP contribution in [0.4, 0.5) is 5.82 Å². The van der Waals surface area contributed by atoms with Gasteiger partial charge in [-0.15, -0.1) is 0 Å². The van der Waals surface area contributed by atoms with E-state index in [9.17, 15) is 0 Å². The molecule has 4 aromatic heterocycles. The van der Waals surface area contributed by atoms with Gasteiger partial charge in [-0.2, -0.15) is 10.2 Å². The molecule has 0 bridgehead atoms. The molecule has 1 aliphatic rings. The molecule has 1 saturated heterocycles. The highest BCUT2D eigenvalue weighted by Gasteiger charge is 2.19. The maximum absolute atomic E-state index is 5.50. The van der Waals surface area contributed by atoms with Gasteiger partial charge in [0.25, 0.3) is 0 Å². The molecule has 5 rings (SSSR count). The number of morpholine rings is 1. The van der Waals surface area contributed by atoms with Gasteiger partial charge in [-0.3, -0.25) is 14.3 Å². The average molecular weight is 379 g/mol. The normalized spacial score (nSPS) is 14.2. The van der Waals surface area contributed by atoms with Crippen LogP contribution in [0.1, 0.15) is 13.8 Å². The van der Waals surface area contributed by atoms with Crippen LogP contribution in [0.3, 0.4) is 0 Å². The summed E-state index contributed by atoms with van der Waals surface area (Å²) in [5, 5.41) is 12.5. The van der Waals surface area contributed by atoms with Gasteiger partial charge < -0.3 is 9.64 Å². The minimum Gasteiger partial charge on any atom is -0.378 e. The monoisotopic (exact) mass is 379 g/mol. The van der Waals surface area contributed by atoms with Crippen molar-refractivity contribution in [1.82, 2.24) is 29.5 Å². The molecule has 1 fully saturated rings. The van der Waals surface area contributed by atoms with E-state index in [0.717, 1.165) is 60.2 Å². The van der Waals surface area contributed by atoms with Crippen LogP contribution in [0.15, 0.2) is 42.9 Å². The number of aromatic amines is 1. The Hall–Kier alpha value is -3.13. The number of hydrogen-bond acceptors (Lipinski definition) is 5. The van der Waals surface area contributed by atoms with Crippen LogP contribution >= 0.6 is 0 Å². The highest BCUT2D eigenvalue weighted by Crippen LogP contribution is 2.33. The molecule has 8 nitrogen and oxygen atoms in total. The van der Waals surface area contributed by atoms with Gasteiger partial charge in [-0.25, -0.2) is 4.98 Å². The number of rotatable bonds is 3. The van der Waals surface area contributed by atoms with Crippen LogP contribution < -0.4 is 4.90 Å². The molecule has 0 atom stereocenters. The molecule has 0 amide bonds. The third-order valence-corrected chi connectivity index (χ3v) is 4.82. The molecule has 8 heteroatoms. The van der Waals surface area contributed by atoms with Crippen molar-refractivity contribution in [3.63, 3.8) is 0 Å². The van der Waals surface area contributed by atoms with Gasteiger partial charge in [0.1, 0.15) is 17.3 Å². The summed E-state index contributed by atoms with van der Waals surface area (Å²) < 4.78 is 9.42. The molecule has 0 aliphatic carbocycles. The number of ether oxygens (including phenoxy) is 1. The number of anilines is 1. The quantitative estimate of drug-likeness (QED) is 0.592. The van der Waals surface area contributed by atoms with Crippen LogP contribution in [0.5, 0.6) is 0 Å². The first kappa shape index (κ1) is 18.2. The topological polar surface area (TPSA) is 76.8 Å². The van der Waals surface area contributed by atoms with Crippen molar-refractivity contribution in [3.05, 3.63) is 42.9 Å². The molecule has 0 spiro atoms. The third-order valence-electron chi connectivity index (χ3n) is 4.82.